The van der Waals surface area contributed by atoms with Crippen molar-refractivity contribution in [1.82, 2.24) is 4.98 Å². The van der Waals surface area contributed by atoms with Gasteiger partial charge in [-0.2, -0.15) is 0 Å². The lowest BCUT2D eigenvalue weighted by molar-refractivity contribution is -0.136. The van der Waals surface area contributed by atoms with Crippen LogP contribution in [0.4, 0.5) is 4.39 Å². The fourth-order valence-electron chi connectivity index (χ4n) is 3.61. The molecule has 3 aromatic carbocycles. The summed E-state index contributed by atoms with van der Waals surface area (Å²) in [6, 6.07) is 19.8. The van der Waals surface area contributed by atoms with Gasteiger partial charge in [0.2, 0.25) is 0 Å². The average molecular weight is 419 g/mol. The summed E-state index contributed by atoms with van der Waals surface area (Å²) in [5, 5.41) is 9.95. The molecule has 6 heteroatoms. The molecule has 0 aliphatic carbocycles. The number of hydrogen-bond donors (Lipinski definition) is 2. The number of aromatic nitrogens is 1. The summed E-state index contributed by atoms with van der Waals surface area (Å²) in [5.74, 6) is -0.296. The molecule has 0 radical (unpaired) electrons. The molecule has 31 heavy (non-hydrogen) atoms. The van der Waals surface area contributed by atoms with Gasteiger partial charge in [-0.05, 0) is 42.3 Å². The molecule has 1 aromatic heterocycles. The second-order valence-electron chi connectivity index (χ2n) is 7.08. The van der Waals surface area contributed by atoms with Crippen LogP contribution >= 0.6 is 0 Å². The highest BCUT2D eigenvalue weighted by molar-refractivity contribution is 5.94. The van der Waals surface area contributed by atoms with Gasteiger partial charge in [0.15, 0.2) is 11.5 Å². The molecule has 4 aromatic rings. The minimum absolute atomic E-state index is 0.227. The number of hydrogen-bond acceptors (Lipinski definition) is 3. The van der Waals surface area contributed by atoms with Crippen molar-refractivity contribution < 1.29 is 23.8 Å². The van der Waals surface area contributed by atoms with Crippen LogP contribution in [0, 0.1) is 5.82 Å². The quantitative estimate of drug-likeness (QED) is 0.391. The zero-order valence-corrected chi connectivity index (χ0v) is 17.0. The first-order valence-electron chi connectivity index (χ1n) is 10.0. The third kappa shape index (κ3) is 4.38. The molecule has 0 atom stereocenters. The lowest BCUT2D eigenvalue weighted by Gasteiger charge is -2.14. The number of ether oxygens (including phenoxy) is 2. The van der Waals surface area contributed by atoms with Crippen molar-refractivity contribution in [2.45, 2.75) is 20.0 Å². The number of halogens is 1. The minimum atomic E-state index is -0.987. The van der Waals surface area contributed by atoms with Crippen molar-refractivity contribution in [3.63, 3.8) is 0 Å². The van der Waals surface area contributed by atoms with Gasteiger partial charge >= 0.3 is 5.97 Å². The Morgan fingerprint density at radius 1 is 1.00 bits per heavy atom. The van der Waals surface area contributed by atoms with E-state index in [0.717, 1.165) is 5.56 Å². The topological polar surface area (TPSA) is 71.6 Å². The van der Waals surface area contributed by atoms with E-state index in [-0.39, 0.29) is 11.9 Å². The molecular formula is C25H22FNO4. The van der Waals surface area contributed by atoms with Crippen LogP contribution in [0.2, 0.25) is 0 Å². The largest absolute Gasteiger partial charge is 0.490 e. The van der Waals surface area contributed by atoms with E-state index < -0.39 is 11.8 Å². The van der Waals surface area contributed by atoms with Gasteiger partial charge in [0.1, 0.15) is 12.4 Å². The smallest absolute Gasteiger partial charge is 0.307 e. The summed E-state index contributed by atoms with van der Waals surface area (Å²) >= 11 is 0. The van der Waals surface area contributed by atoms with E-state index in [1.54, 1.807) is 24.3 Å². The van der Waals surface area contributed by atoms with E-state index in [1.165, 1.54) is 6.07 Å². The first kappa shape index (κ1) is 20.5. The Morgan fingerprint density at radius 3 is 2.55 bits per heavy atom. The van der Waals surface area contributed by atoms with Crippen LogP contribution in [-0.2, 0) is 17.8 Å². The Hall–Kier alpha value is -3.80. The molecule has 0 spiro atoms. The molecule has 0 saturated heterocycles. The normalized spacial score (nSPS) is 10.9. The zero-order valence-electron chi connectivity index (χ0n) is 17.0. The fourth-order valence-corrected chi connectivity index (χ4v) is 3.61. The Morgan fingerprint density at radius 2 is 1.81 bits per heavy atom. The molecule has 0 saturated carbocycles. The van der Waals surface area contributed by atoms with Gasteiger partial charge in [-0.25, -0.2) is 4.39 Å². The molecule has 4 rings (SSSR count). The van der Waals surface area contributed by atoms with Gasteiger partial charge in [0.05, 0.1) is 24.2 Å². The van der Waals surface area contributed by atoms with Crippen molar-refractivity contribution in [2.75, 3.05) is 6.61 Å². The average Bonchev–Trinajstić information content (AvgIpc) is 3.13. The van der Waals surface area contributed by atoms with Gasteiger partial charge in [-0.3, -0.25) is 4.79 Å². The highest BCUT2D eigenvalue weighted by Crippen LogP contribution is 2.37. The van der Waals surface area contributed by atoms with Gasteiger partial charge in [-0.1, -0.05) is 42.5 Å². The molecule has 2 N–H and O–H groups in total. The Bertz CT molecular complexity index is 1220. The van der Waals surface area contributed by atoms with E-state index in [2.05, 4.69) is 4.98 Å². The molecular weight excluding hydrogens is 397 g/mol. The van der Waals surface area contributed by atoms with Crippen molar-refractivity contribution in [3.8, 4) is 22.8 Å². The summed E-state index contributed by atoms with van der Waals surface area (Å²) in [7, 11) is 0. The molecule has 0 unspecified atom stereocenters. The first-order valence-corrected chi connectivity index (χ1v) is 10.0. The van der Waals surface area contributed by atoms with Crippen LogP contribution in [-0.4, -0.2) is 22.7 Å². The number of carboxylic acid groups (broad SMARTS) is 1. The number of nitrogens with one attached hydrogen (secondary N) is 1. The van der Waals surface area contributed by atoms with Crippen molar-refractivity contribution >= 4 is 16.9 Å². The summed E-state index contributed by atoms with van der Waals surface area (Å²) in [6.07, 6.45) is -0.227. The Labute approximate surface area is 179 Å². The minimum Gasteiger partial charge on any atom is -0.490 e. The predicted octanol–water partition coefficient (Wildman–Crippen LogP) is 5.58. The fraction of sp³-hybridized carbons (Fsp3) is 0.160. The number of carboxylic acids is 1. The molecule has 158 valence electrons. The predicted molar refractivity (Wildman–Crippen MR) is 117 cm³/mol. The molecule has 1 heterocycles. The van der Waals surface area contributed by atoms with Crippen molar-refractivity contribution in [1.29, 1.82) is 0 Å². The SMILES string of the molecule is CCOc1cc(-c2[nH]c3c(F)cccc3c2CC(=O)O)ccc1OCc1ccccc1. The maximum atomic E-state index is 14.3. The van der Waals surface area contributed by atoms with E-state index in [1.807, 2.05) is 43.3 Å². The van der Waals surface area contributed by atoms with E-state index in [4.69, 9.17) is 9.47 Å². The molecule has 0 aliphatic rings. The van der Waals surface area contributed by atoms with Gasteiger partial charge in [0.25, 0.3) is 0 Å². The number of H-pyrrole nitrogens is 1. The van der Waals surface area contributed by atoms with Crippen molar-refractivity contribution in [2.24, 2.45) is 0 Å². The Balaban J connectivity index is 1.74. The number of fused-ring (bicyclic) bond motifs is 1. The number of rotatable bonds is 8. The molecule has 0 fully saturated rings. The number of para-hydroxylation sites is 1. The monoisotopic (exact) mass is 419 g/mol. The van der Waals surface area contributed by atoms with Crippen LogP contribution in [0.15, 0.2) is 66.7 Å². The van der Waals surface area contributed by atoms with E-state index in [0.29, 0.717) is 46.9 Å². The summed E-state index contributed by atoms with van der Waals surface area (Å²) < 4.78 is 26.1. The standard InChI is InChI=1S/C25H22FNO4/c1-2-30-22-13-17(11-12-21(22)31-15-16-7-4-3-5-8-16)24-19(14-23(28)29)18-9-6-10-20(26)25(18)27-24/h3-13,27H,2,14-15H2,1H3,(H,28,29). The van der Waals surface area contributed by atoms with Crippen LogP contribution in [0.5, 0.6) is 11.5 Å². The van der Waals surface area contributed by atoms with Crippen LogP contribution in [0.1, 0.15) is 18.1 Å². The van der Waals surface area contributed by atoms with Gasteiger partial charge in [-0.15, -0.1) is 0 Å². The maximum absolute atomic E-state index is 14.3. The zero-order chi connectivity index (χ0) is 21.8. The number of carbonyl (C=O) groups is 1. The number of benzene rings is 3. The van der Waals surface area contributed by atoms with Crippen LogP contribution in [0.25, 0.3) is 22.2 Å². The first-order chi connectivity index (χ1) is 15.1. The number of aliphatic carboxylic acids is 1. The molecule has 0 bridgehead atoms. The molecule has 5 nitrogen and oxygen atoms in total. The second kappa shape index (κ2) is 8.92. The Kier molecular flexibility index (Phi) is 5.89. The van der Waals surface area contributed by atoms with E-state index >= 15 is 0 Å². The third-order valence-corrected chi connectivity index (χ3v) is 4.99. The molecule has 0 aliphatic heterocycles. The third-order valence-electron chi connectivity index (χ3n) is 4.99. The second-order valence-corrected chi connectivity index (χ2v) is 7.08. The van der Waals surface area contributed by atoms with Crippen LogP contribution < -0.4 is 9.47 Å². The van der Waals surface area contributed by atoms with Crippen LogP contribution in [0.3, 0.4) is 0 Å². The molecule has 0 amide bonds. The highest BCUT2D eigenvalue weighted by atomic mass is 19.1. The summed E-state index contributed by atoms with van der Waals surface area (Å²) in [5.41, 5.74) is 3.10. The van der Waals surface area contributed by atoms with Gasteiger partial charge in [0, 0.05) is 10.9 Å². The maximum Gasteiger partial charge on any atom is 0.307 e. The van der Waals surface area contributed by atoms with Gasteiger partial charge < -0.3 is 19.6 Å². The van der Waals surface area contributed by atoms with E-state index in [9.17, 15) is 14.3 Å². The summed E-state index contributed by atoms with van der Waals surface area (Å²) in [4.78, 5) is 14.5. The lowest BCUT2D eigenvalue weighted by Crippen LogP contribution is -2.02. The lowest BCUT2D eigenvalue weighted by atomic mass is 10.0. The highest BCUT2D eigenvalue weighted by Gasteiger charge is 2.19. The van der Waals surface area contributed by atoms with Crippen molar-refractivity contribution in [3.05, 3.63) is 83.7 Å². The summed E-state index contributed by atoms with van der Waals surface area (Å²) in [6.45, 7) is 2.71. The number of aromatic amines is 1.